The first-order chi connectivity index (χ1) is 10.7. The van der Waals surface area contributed by atoms with Crippen LogP contribution in [0.2, 0.25) is 5.02 Å². The lowest BCUT2D eigenvalue weighted by Crippen LogP contribution is -2.11. The highest BCUT2D eigenvalue weighted by Gasteiger charge is 2.27. The first kappa shape index (κ1) is 15.6. The van der Waals surface area contributed by atoms with Gasteiger partial charge < -0.3 is 10.1 Å². The number of thioether (sulfide) groups is 1. The predicted octanol–water partition coefficient (Wildman–Crippen LogP) is 3.77. The van der Waals surface area contributed by atoms with Gasteiger partial charge in [0, 0.05) is 11.1 Å². The molecule has 116 valence electrons. The molecule has 3 rings (SSSR count). The van der Waals surface area contributed by atoms with Gasteiger partial charge in [-0.15, -0.1) is 10.2 Å². The van der Waals surface area contributed by atoms with E-state index in [0.717, 1.165) is 5.13 Å². The highest BCUT2D eigenvalue weighted by atomic mass is 35.5. The molecule has 0 aliphatic heterocycles. The van der Waals surface area contributed by atoms with Crippen LogP contribution in [-0.4, -0.2) is 29.3 Å². The van der Waals surface area contributed by atoms with Gasteiger partial charge in [0.25, 0.3) is 0 Å². The van der Waals surface area contributed by atoms with Crippen molar-refractivity contribution in [3.8, 4) is 0 Å². The van der Waals surface area contributed by atoms with E-state index in [1.54, 1.807) is 6.07 Å². The number of carbonyl (C=O) groups excluding carboxylic acids is 1. The third kappa shape index (κ3) is 3.71. The summed E-state index contributed by atoms with van der Waals surface area (Å²) >= 11 is 8.94. The van der Waals surface area contributed by atoms with Gasteiger partial charge in [-0.05, 0) is 24.5 Å². The molecule has 5 nitrogen and oxygen atoms in total. The molecular formula is C14H14ClN3O2S2. The average molecular weight is 356 g/mol. The lowest BCUT2D eigenvalue weighted by Gasteiger charge is -2.14. The maximum absolute atomic E-state index is 12.1. The summed E-state index contributed by atoms with van der Waals surface area (Å²) in [6, 6.07) is 7.77. The van der Waals surface area contributed by atoms with E-state index in [2.05, 4.69) is 15.5 Å². The van der Waals surface area contributed by atoms with Gasteiger partial charge in [0.2, 0.25) is 5.13 Å². The molecule has 0 amide bonds. The van der Waals surface area contributed by atoms with Crippen molar-refractivity contribution in [2.45, 2.75) is 28.5 Å². The molecule has 1 fully saturated rings. The number of rotatable bonds is 6. The van der Waals surface area contributed by atoms with E-state index < -0.39 is 5.25 Å². The molecule has 1 aromatic heterocycles. The minimum absolute atomic E-state index is 0.356. The first-order valence-corrected chi connectivity index (χ1v) is 8.83. The summed E-state index contributed by atoms with van der Waals surface area (Å²) in [4.78, 5) is 12.1. The lowest BCUT2D eigenvalue weighted by atomic mass is 10.1. The molecule has 0 bridgehead atoms. The Labute approximate surface area is 141 Å². The van der Waals surface area contributed by atoms with Crippen molar-refractivity contribution in [1.82, 2.24) is 10.2 Å². The third-order valence-electron chi connectivity index (χ3n) is 3.13. The van der Waals surface area contributed by atoms with Crippen molar-refractivity contribution < 1.29 is 9.53 Å². The van der Waals surface area contributed by atoms with Crippen molar-refractivity contribution in [1.29, 1.82) is 0 Å². The van der Waals surface area contributed by atoms with Crippen LogP contribution in [0.1, 0.15) is 23.7 Å². The van der Waals surface area contributed by atoms with E-state index in [1.165, 1.54) is 43.1 Å². The molecule has 0 radical (unpaired) electrons. The molecule has 0 saturated heterocycles. The number of benzene rings is 1. The van der Waals surface area contributed by atoms with Crippen molar-refractivity contribution in [2.24, 2.45) is 0 Å². The fourth-order valence-electron chi connectivity index (χ4n) is 1.85. The summed E-state index contributed by atoms with van der Waals surface area (Å²) in [6.45, 7) is 0. The van der Waals surface area contributed by atoms with Gasteiger partial charge >= 0.3 is 5.97 Å². The summed E-state index contributed by atoms with van der Waals surface area (Å²) in [5.74, 6) is -0.356. The number of ether oxygens (including phenoxy) is 1. The number of nitrogens with one attached hydrogen (secondary N) is 1. The second-order valence-corrected chi connectivity index (χ2v) is 7.57. The summed E-state index contributed by atoms with van der Waals surface area (Å²) in [5, 5.41) is 12.3. The zero-order valence-electron chi connectivity index (χ0n) is 11.8. The van der Waals surface area contributed by atoms with Gasteiger partial charge in [-0.2, -0.15) is 0 Å². The number of anilines is 1. The Morgan fingerprint density at radius 2 is 2.23 bits per heavy atom. The first-order valence-electron chi connectivity index (χ1n) is 6.76. The van der Waals surface area contributed by atoms with Crippen molar-refractivity contribution in [3.63, 3.8) is 0 Å². The van der Waals surface area contributed by atoms with E-state index in [0.29, 0.717) is 21.0 Å². The van der Waals surface area contributed by atoms with Gasteiger partial charge in [-0.1, -0.05) is 52.9 Å². The van der Waals surface area contributed by atoms with E-state index in [-0.39, 0.29) is 5.97 Å². The standard InChI is InChI=1S/C14H14ClN3O2S2/c1-20-12(19)11(9-4-2-3-5-10(9)15)21-14-18-17-13(22-14)16-8-6-7-8/h2-5,8,11H,6-7H2,1H3,(H,16,17)/t11-/m1/s1. The van der Waals surface area contributed by atoms with Crippen LogP contribution in [0.25, 0.3) is 0 Å². The fourth-order valence-corrected chi connectivity index (χ4v) is 4.25. The molecule has 1 saturated carbocycles. The van der Waals surface area contributed by atoms with E-state index in [1.807, 2.05) is 18.2 Å². The van der Waals surface area contributed by atoms with Gasteiger partial charge in [-0.3, -0.25) is 4.79 Å². The molecule has 2 aromatic rings. The largest absolute Gasteiger partial charge is 0.468 e. The molecule has 0 unspecified atom stereocenters. The van der Waals surface area contributed by atoms with Crippen molar-refractivity contribution >= 4 is 45.8 Å². The summed E-state index contributed by atoms with van der Waals surface area (Å²) in [6.07, 6.45) is 2.35. The number of halogens is 1. The van der Waals surface area contributed by atoms with E-state index in [9.17, 15) is 4.79 Å². The number of aromatic nitrogens is 2. The van der Waals surface area contributed by atoms with Crippen LogP contribution in [0, 0.1) is 0 Å². The Hall–Kier alpha value is -1.31. The topological polar surface area (TPSA) is 64.1 Å². The number of esters is 1. The molecule has 1 N–H and O–H groups in total. The molecule has 1 aliphatic carbocycles. The van der Waals surface area contributed by atoms with Gasteiger partial charge in [-0.25, -0.2) is 0 Å². The molecular weight excluding hydrogens is 342 g/mol. The van der Waals surface area contributed by atoms with Crippen LogP contribution in [0.3, 0.4) is 0 Å². The van der Waals surface area contributed by atoms with Crippen LogP contribution >= 0.6 is 34.7 Å². The summed E-state index contributed by atoms with van der Waals surface area (Å²) < 4.78 is 5.60. The third-order valence-corrected chi connectivity index (χ3v) is 5.63. The molecule has 0 spiro atoms. The Kier molecular flexibility index (Phi) is 4.85. The molecule has 1 heterocycles. The number of hydrogen-bond acceptors (Lipinski definition) is 7. The Morgan fingerprint density at radius 3 is 2.91 bits per heavy atom. The smallest absolute Gasteiger partial charge is 0.323 e. The minimum atomic E-state index is -0.555. The predicted molar refractivity (Wildman–Crippen MR) is 88.6 cm³/mol. The van der Waals surface area contributed by atoms with Crippen LogP contribution < -0.4 is 5.32 Å². The van der Waals surface area contributed by atoms with Gasteiger partial charge in [0.05, 0.1) is 7.11 Å². The highest BCUT2D eigenvalue weighted by Crippen LogP contribution is 2.41. The molecule has 1 aliphatic rings. The Bertz CT molecular complexity index is 676. The van der Waals surface area contributed by atoms with E-state index >= 15 is 0 Å². The monoisotopic (exact) mass is 355 g/mol. The number of carbonyl (C=O) groups is 1. The lowest BCUT2D eigenvalue weighted by molar-refractivity contribution is -0.140. The normalized spacial score (nSPS) is 15.4. The molecule has 1 aromatic carbocycles. The van der Waals surface area contributed by atoms with Gasteiger partial charge in [0.1, 0.15) is 5.25 Å². The number of methoxy groups -OCH3 is 1. The van der Waals surface area contributed by atoms with Gasteiger partial charge in [0.15, 0.2) is 4.34 Å². The second-order valence-electron chi connectivity index (χ2n) is 4.83. The molecule has 8 heteroatoms. The van der Waals surface area contributed by atoms with Crippen LogP contribution in [0.15, 0.2) is 28.6 Å². The number of nitrogens with zero attached hydrogens (tertiary/aromatic N) is 2. The van der Waals surface area contributed by atoms with Crippen molar-refractivity contribution in [3.05, 3.63) is 34.9 Å². The fraction of sp³-hybridized carbons (Fsp3) is 0.357. The number of hydrogen-bond donors (Lipinski definition) is 1. The minimum Gasteiger partial charge on any atom is -0.468 e. The zero-order valence-corrected chi connectivity index (χ0v) is 14.2. The zero-order chi connectivity index (χ0) is 15.5. The maximum atomic E-state index is 12.1. The summed E-state index contributed by atoms with van der Waals surface area (Å²) in [7, 11) is 1.37. The highest BCUT2D eigenvalue weighted by molar-refractivity contribution is 8.01. The van der Waals surface area contributed by atoms with Crippen LogP contribution in [0.5, 0.6) is 0 Å². The summed E-state index contributed by atoms with van der Waals surface area (Å²) in [5.41, 5.74) is 0.716. The molecule has 22 heavy (non-hydrogen) atoms. The average Bonchev–Trinajstić information content (AvgIpc) is 3.23. The van der Waals surface area contributed by atoms with Crippen LogP contribution in [-0.2, 0) is 9.53 Å². The SMILES string of the molecule is COC(=O)[C@H](Sc1nnc(NC2CC2)s1)c1ccccc1Cl. The quantitative estimate of drug-likeness (QED) is 0.628. The van der Waals surface area contributed by atoms with E-state index in [4.69, 9.17) is 16.3 Å². The Morgan fingerprint density at radius 1 is 1.45 bits per heavy atom. The van der Waals surface area contributed by atoms with Crippen molar-refractivity contribution in [2.75, 3.05) is 12.4 Å². The molecule has 1 atom stereocenters. The second kappa shape index (κ2) is 6.85. The Balaban J connectivity index is 1.79. The van der Waals surface area contributed by atoms with Crippen LogP contribution in [0.4, 0.5) is 5.13 Å². The maximum Gasteiger partial charge on any atom is 0.323 e.